The third kappa shape index (κ3) is 5.04. The number of benzene rings is 1. The maximum atomic E-state index is 12.9. The Hall–Kier alpha value is -3.16. The number of sulfonamides is 1. The van der Waals surface area contributed by atoms with Crippen LogP contribution in [0.25, 0.3) is 0 Å². The van der Waals surface area contributed by atoms with E-state index in [1.807, 2.05) is 24.4 Å². The SMILES string of the molecule is COC(=O)C1=C(/C=N/N(C)S(=O)(=O)c2ccc(C)cc2)CS[C@@H]2[C@H](NC(=O)Cc3cccs3)C(=O)N12. The Labute approximate surface area is 217 Å². The molecule has 0 radical (unpaired) electrons. The zero-order chi connectivity index (χ0) is 26.0. The summed E-state index contributed by atoms with van der Waals surface area (Å²) in [5.74, 6) is -1.21. The minimum absolute atomic E-state index is 0.0140. The zero-order valence-electron chi connectivity index (χ0n) is 19.7. The van der Waals surface area contributed by atoms with Crippen molar-refractivity contribution < 1.29 is 27.5 Å². The number of fused-ring (bicyclic) bond motifs is 1. The lowest BCUT2D eigenvalue weighted by Crippen LogP contribution is -2.70. The van der Waals surface area contributed by atoms with Crippen LogP contribution < -0.4 is 5.32 Å². The van der Waals surface area contributed by atoms with E-state index in [2.05, 4.69) is 10.4 Å². The molecular formula is C23H24N4O6S3. The van der Waals surface area contributed by atoms with Crippen molar-refractivity contribution in [3.05, 3.63) is 63.5 Å². The molecule has 0 aliphatic carbocycles. The molecule has 3 heterocycles. The molecule has 10 nitrogen and oxygen atoms in total. The molecule has 1 N–H and O–H groups in total. The van der Waals surface area contributed by atoms with Gasteiger partial charge in [0, 0.05) is 23.3 Å². The van der Waals surface area contributed by atoms with Crippen molar-refractivity contribution in [3.8, 4) is 0 Å². The Bertz CT molecular complexity index is 1340. The second-order valence-corrected chi connectivity index (χ2v) is 12.2. The second kappa shape index (κ2) is 10.4. The van der Waals surface area contributed by atoms with Crippen molar-refractivity contribution in [2.45, 2.75) is 29.7 Å². The maximum absolute atomic E-state index is 12.9. The van der Waals surface area contributed by atoms with E-state index in [1.54, 1.807) is 12.1 Å². The van der Waals surface area contributed by atoms with Crippen LogP contribution in [-0.4, -0.2) is 73.1 Å². The topological polar surface area (TPSA) is 125 Å². The summed E-state index contributed by atoms with van der Waals surface area (Å²) in [7, 11) is -1.42. The molecule has 190 valence electrons. The highest BCUT2D eigenvalue weighted by atomic mass is 32.2. The molecule has 13 heteroatoms. The van der Waals surface area contributed by atoms with Gasteiger partial charge in [-0.25, -0.2) is 4.79 Å². The van der Waals surface area contributed by atoms with Crippen LogP contribution in [0.4, 0.5) is 0 Å². The summed E-state index contributed by atoms with van der Waals surface area (Å²) < 4.78 is 31.3. The lowest BCUT2D eigenvalue weighted by molar-refractivity contribution is -0.151. The molecular weight excluding hydrogens is 524 g/mol. The number of methoxy groups -OCH3 is 1. The number of amides is 2. The molecule has 2 amide bonds. The van der Waals surface area contributed by atoms with Crippen LogP contribution in [0.2, 0.25) is 0 Å². The standard InChI is InChI=1S/C23H24N4O6S3/c1-14-6-8-17(9-7-14)36(31,32)26(2)24-12-15-13-35-22-19(21(29)27(22)20(15)23(30)33-3)25-18(28)11-16-5-4-10-34-16/h4-10,12,19,22H,11,13H2,1-3H3,(H,25,28)/b24-12+/t19-,22-/m1/s1. The number of hydrogen-bond acceptors (Lipinski definition) is 9. The number of β-lactam (4-membered cyclic amide) rings is 1. The molecule has 0 spiro atoms. The average Bonchev–Trinajstić information content (AvgIpc) is 3.37. The van der Waals surface area contributed by atoms with Crippen LogP contribution in [0.15, 0.2) is 63.0 Å². The van der Waals surface area contributed by atoms with Gasteiger partial charge >= 0.3 is 5.97 Å². The Morgan fingerprint density at radius 1 is 1.28 bits per heavy atom. The average molecular weight is 549 g/mol. The highest BCUT2D eigenvalue weighted by Gasteiger charge is 2.54. The number of rotatable bonds is 8. The Morgan fingerprint density at radius 3 is 2.64 bits per heavy atom. The number of hydrogen-bond donors (Lipinski definition) is 1. The summed E-state index contributed by atoms with van der Waals surface area (Å²) >= 11 is 2.79. The first kappa shape index (κ1) is 25.9. The van der Waals surface area contributed by atoms with Crippen LogP contribution >= 0.6 is 23.1 Å². The fourth-order valence-electron chi connectivity index (χ4n) is 3.70. The van der Waals surface area contributed by atoms with E-state index in [4.69, 9.17) is 4.74 Å². The molecule has 2 aromatic rings. The summed E-state index contributed by atoms with van der Waals surface area (Å²) in [4.78, 5) is 40.1. The van der Waals surface area contributed by atoms with E-state index in [1.165, 1.54) is 60.5 Å². The Morgan fingerprint density at radius 2 is 2.00 bits per heavy atom. The highest BCUT2D eigenvalue weighted by molar-refractivity contribution is 8.00. The monoisotopic (exact) mass is 548 g/mol. The van der Waals surface area contributed by atoms with E-state index in [0.29, 0.717) is 5.57 Å². The van der Waals surface area contributed by atoms with Crippen molar-refractivity contribution >= 4 is 57.1 Å². The van der Waals surface area contributed by atoms with E-state index in [9.17, 15) is 22.8 Å². The quantitative estimate of drug-likeness (QED) is 0.231. The second-order valence-electron chi connectivity index (χ2n) is 8.07. The van der Waals surface area contributed by atoms with Crippen molar-refractivity contribution in [1.29, 1.82) is 0 Å². The van der Waals surface area contributed by atoms with Crippen LogP contribution in [-0.2, 0) is 35.6 Å². The first-order valence-electron chi connectivity index (χ1n) is 10.8. The van der Waals surface area contributed by atoms with Crippen LogP contribution in [0, 0.1) is 6.92 Å². The summed E-state index contributed by atoms with van der Waals surface area (Å²) in [6.07, 6.45) is 1.41. The van der Waals surface area contributed by atoms with Crippen LogP contribution in [0.5, 0.6) is 0 Å². The van der Waals surface area contributed by atoms with Gasteiger partial charge in [0.05, 0.1) is 24.6 Å². The zero-order valence-corrected chi connectivity index (χ0v) is 22.2. The summed E-state index contributed by atoms with van der Waals surface area (Å²) in [5, 5.41) is 8.18. The molecule has 1 fully saturated rings. The Kier molecular flexibility index (Phi) is 7.52. The molecule has 2 aliphatic heterocycles. The first-order chi connectivity index (χ1) is 17.1. The van der Waals surface area contributed by atoms with Gasteiger partial charge in [0.1, 0.15) is 17.1 Å². The summed E-state index contributed by atoms with van der Waals surface area (Å²) in [5.41, 5.74) is 1.24. The molecule has 0 saturated carbocycles. The fraction of sp³-hybridized carbons (Fsp3) is 0.304. The largest absolute Gasteiger partial charge is 0.464 e. The first-order valence-corrected chi connectivity index (χ1v) is 14.2. The number of hydrazone groups is 1. The number of ether oxygens (including phenoxy) is 1. The van der Waals surface area contributed by atoms with Crippen molar-refractivity contribution in [2.75, 3.05) is 19.9 Å². The number of carbonyl (C=O) groups is 3. The van der Waals surface area contributed by atoms with E-state index in [-0.39, 0.29) is 28.7 Å². The van der Waals surface area contributed by atoms with E-state index >= 15 is 0 Å². The van der Waals surface area contributed by atoms with Crippen LogP contribution in [0.3, 0.4) is 0 Å². The minimum Gasteiger partial charge on any atom is -0.464 e. The van der Waals surface area contributed by atoms with Gasteiger partial charge in [0.15, 0.2) is 0 Å². The van der Waals surface area contributed by atoms with Gasteiger partial charge in [0.2, 0.25) is 5.91 Å². The van der Waals surface area contributed by atoms with Gasteiger partial charge in [-0.2, -0.15) is 17.9 Å². The number of aryl methyl sites for hydroxylation is 1. The molecule has 4 rings (SSSR count). The highest BCUT2D eigenvalue weighted by Crippen LogP contribution is 2.40. The number of nitrogens with zero attached hydrogens (tertiary/aromatic N) is 3. The Balaban J connectivity index is 1.52. The van der Waals surface area contributed by atoms with Gasteiger partial charge < -0.3 is 10.1 Å². The van der Waals surface area contributed by atoms with Gasteiger partial charge in [-0.1, -0.05) is 23.8 Å². The number of carbonyl (C=O) groups excluding carboxylic acids is 3. The number of thioether (sulfide) groups is 1. The minimum atomic E-state index is -3.90. The molecule has 0 bridgehead atoms. The lowest BCUT2D eigenvalue weighted by atomic mass is 10.0. The van der Waals surface area contributed by atoms with E-state index < -0.39 is 33.3 Å². The molecule has 2 atom stereocenters. The molecule has 1 aromatic heterocycles. The number of thiophene rings is 1. The summed E-state index contributed by atoms with van der Waals surface area (Å²) in [6, 6.07) is 9.27. The van der Waals surface area contributed by atoms with Crippen molar-refractivity contribution in [3.63, 3.8) is 0 Å². The number of esters is 1. The van der Waals surface area contributed by atoms with E-state index in [0.717, 1.165) is 14.9 Å². The maximum Gasteiger partial charge on any atom is 0.355 e. The van der Waals surface area contributed by atoms with Gasteiger partial charge in [-0.15, -0.1) is 23.1 Å². The third-order valence-corrected chi connectivity index (χ3v) is 9.49. The van der Waals surface area contributed by atoms with Gasteiger partial charge in [-0.3, -0.25) is 14.5 Å². The summed E-state index contributed by atoms with van der Waals surface area (Å²) in [6.45, 7) is 1.85. The number of nitrogens with one attached hydrogen (secondary N) is 1. The van der Waals surface area contributed by atoms with Crippen LogP contribution in [0.1, 0.15) is 10.4 Å². The van der Waals surface area contributed by atoms with Gasteiger partial charge in [0.25, 0.3) is 15.9 Å². The smallest absolute Gasteiger partial charge is 0.355 e. The molecule has 2 aliphatic rings. The third-order valence-electron chi connectivity index (χ3n) is 5.65. The van der Waals surface area contributed by atoms with Gasteiger partial charge in [-0.05, 0) is 30.5 Å². The molecule has 0 unspecified atom stereocenters. The predicted molar refractivity (Wildman–Crippen MR) is 137 cm³/mol. The normalized spacial score (nSPS) is 19.6. The van der Waals surface area contributed by atoms with Crippen molar-refractivity contribution in [2.24, 2.45) is 5.10 Å². The fourth-order valence-corrected chi connectivity index (χ4v) is 6.66. The molecule has 36 heavy (non-hydrogen) atoms. The molecule has 1 saturated heterocycles. The molecule has 1 aromatic carbocycles. The van der Waals surface area contributed by atoms with Crippen molar-refractivity contribution in [1.82, 2.24) is 14.6 Å². The lowest BCUT2D eigenvalue weighted by Gasteiger charge is -2.49. The predicted octanol–water partition coefficient (Wildman–Crippen LogP) is 1.73.